The van der Waals surface area contributed by atoms with Crippen LogP contribution in [0, 0.1) is 17.7 Å². The summed E-state index contributed by atoms with van der Waals surface area (Å²) in [4.78, 5) is 27.2. The first-order chi connectivity index (χ1) is 12.4. The molecule has 26 heavy (non-hydrogen) atoms. The summed E-state index contributed by atoms with van der Waals surface area (Å²) in [6.07, 6.45) is 1.96. The van der Waals surface area contributed by atoms with Gasteiger partial charge >= 0.3 is 0 Å². The van der Waals surface area contributed by atoms with Crippen molar-refractivity contribution in [2.75, 3.05) is 26.2 Å². The molecule has 0 saturated carbocycles. The maximum atomic E-state index is 13.0. The van der Waals surface area contributed by atoms with Gasteiger partial charge in [-0.2, -0.15) is 0 Å². The summed E-state index contributed by atoms with van der Waals surface area (Å²) < 4.78 is 13.0. The number of hydrogen-bond donors (Lipinski definition) is 2. The van der Waals surface area contributed by atoms with Crippen LogP contribution >= 0.6 is 0 Å². The first-order valence-electron chi connectivity index (χ1n) is 9.48. The summed E-state index contributed by atoms with van der Waals surface area (Å²) in [5.41, 5.74) is 0.356. The maximum Gasteiger partial charge on any atom is 0.251 e. The molecule has 2 N–H and O–H groups in total. The maximum absolute atomic E-state index is 13.0. The van der Waals surface area contributed by atoms with Crippen LogP contribution in [-0.4, -0.2) is 48.9 Å². The molecule has 1 aromatic carbocycles. The highest BCUT2D eigenvalue weighted by atomic mass is 19.1. The molecule has 6 heteroatoms. The second-order valence-electron chi connectivity index (χ2n) is 7.28. The van der Waals surface area contributed by atoms with Crippen molar-refractivity contribution in [3.8, 4) is 0 Å². The Hall–Kier alpha value is -1.95. The lowest BCUT2D eigenvalue weighted by Gasteiger charge is -2.35. The lowest BCUT2D eigenvalue weighted by atomic mass is 9.95. The van der Waals surface area contributed by atoms with Gasteiger partial charge in [0, 0.05) is 18.7 Å². The molecule has 0 aliphatic carbocycles. The zero-order valence-electron chi connectivity index (χ0n) is 15.9. The molecule has 1 atom stereocenters. The fourth-order valence-electron chi connectivity index (χ4n) is 3.24. The standard InChI is InChI=1S/C20H30FN3O2/c1-4-22-13-15-9-11-24(12-10-15)20(26)18(14(2)3)23-19(25)16-5-7-17(21)8-6-16/h5-8,14-15,18,22H,4,9-13H2,1-3H3,(H,23,25). The molecule has 1 saturated heterocycles. The minimum absolute atomic E-state index is 0.0219. The fourth-order valence-corrected chi connectivity index (χ4v) is 3.24. The van der Waals surface area contributed by atoms with Crippen LogP contribution in [0.1, 0.15) is 44.0 Å². The monoisotopic (exact) mass is 363 g/mol. The average molecular weight is 363 g/mol. The molecule has 2 amide bonds. The Kier molecular flexibility index (Phi) is 7.57. The number of carbonyl (C=O) groups is 2. The molecule has 0 radical (unpaired) electrons. The van der Waals surface area contributed by atoms with Gasteiger partial charge in [0.1, 0.15) is 11.9 Å². The molecule has 5 nitrogen and oxygen atoms in total. The molecule has 1 unspecified atom stereocenters. The molecule has 1 heterocycles. The molecular weight excluding hydrogens is 333 g/mol. The number of nitrogens with zero attached hydrogens (tertiary/aromatic N) is 1. The zero-order chi connectivity index (χ0) is 19.1. The van der Waals surface area contributed by atoms with Gasteiger partial charge in [0.15, 0.2) is 0 Å². The van der Waals surface area contributed by atoms with Gasteiger partial charge in [-0.25, -0.2) is 4.39 Å². The number of halogens is 1. The SMILES string of the molecule is CCNCC1CCN(C(=O)C(NC(=O)c2ccc(F)cc2)C(C)C)CC1. The van der Waals surface area contributed by atoms with E-state index in [-0.39, 0.29) is 17.7 Å². The van der Waals surface area contributed by atoms with Crippen molar-refractivity contribution < 1.29 is 14.0 Å². The lowest BCUT2D eigenvalue weighted by molar-refractivity contribution is -0.135. The quantitative estimate of drug-likeness (QED) is 0.782. The van der Waals surface area contributed by atoms with E-state index in [2.05, 4.69) is 17.6 Å². The number of nitrogens with one attached hydrogen (secondary N) is 2. The van der Waals surface area contributed by atoms with E-state index in [1.807, 2.05) is 18.7 Å². The highest BCUT2D eigenvalue weighted by molar-refractivity contribution is 5.97. The summed E-state index contributed by atoms with van der Waals surface area (Å²) >= 11 is 0. The number of rotatable bonds is 7. The zero-order valence-corrected chi connectivity index (χ0v) is 15.9. The normalized spacial score (nSPS) is 16.6. The molecule has 0 bridgehead atoms. The summed E-state index contributed by atoms with van der Waals surface area (Å²) in [6, 6.07) is 4.78. The third-order valence-electron chi connectivity index (χ3n) is 4.93. The summed E-state index contributed by atoms with van der Waals surface area (Å²) in [6.45, 7) is 9.35. The van der Waals surface area contributed by atoms with Crippen LogP contribution in [0.25, 0.3) is 0 Å². The van der Waals surface area contributed by atoms with E-state index in [0.717, 1.165) is 39.0 Å². The van der Waals surface area contributed by atoms with Crippen molar-refractivity contribution in [3.05, 3.63) is 35.6 Å². The molecule has 144 valence electrons. The molecule has 0 aromatic heterocycles. The van der Waals surface area contributed by atoms with Gasteiger partial charge in [-0.3, -0.25) is 9.59 Å². The van der Waals surface area contributed by atoms with Gasteiger partial charge in [-0.1, -0.05) is 20.8 Å². The third-order valence-corrected chi connectivity index (χ3v) is 4.93. The van der Waals surface area contributed by atoms with Crippen LogP contribution in [0.15, 0.2) is 24.3 Å². The minimum atomic E-state index is -0.571. The Morgan fingerprint density at radius 3 is 2.35 bits per heavy atom. The van der Waals surface area contributed by atoms with E-state index in [1.165, 1.54) is 24.3 Å². The molecule has 1 aliphatic heterocycles. The Morgan fingerprint density at radius 2 is 1.81 bits per heavy atom. The Labute approximate surface area is 155 Å². The second-order valence-corrected chi connectivity index (χ2v) is 7.28. The van der Waals surface area contributed by atoms with Crippen molar-refractivity contribution in [3.63, 3.8) is 0 Å². The fraction of sp³-hybridized carbons (Fsp3) is 0.600. The highest BCUT2D eigenvalue weighted by Crippen LogP contribution is 2.19. The summed E-state index contributed by atoms with van der Waals surface area (Å²) in [5.74, 6) is -0.188. The average Bonchev–Trinajstić information content (AvgIpc) is 2.64. The Morgan fingerprint density at radius 1 is 1.19 bits per heavy atom. The molecule has 1 aliphatic rings. The highest BCUT2D eigenvalue weighted by Gasteiger charge is 2.31. The van der Waals surface area contributed by atoms with Crippen LogP contribution in [-0.2, 0) is 4.79 Å². The first kappa shape index (κ1) is 20.4. The van der Waals surface area contributed by atoms with Crippen LogP contribution in [0.5, 0.6) is 0 Å². The van der Waals surface area contributed by atoms with Gasteiger partial charge in [-0.05, 0) is 62.0 Å². The number of piperidine rings is 1. The molecular formula is C20H30FN3O2. The smallest absolute Gasteiger partial charge is 0.251 e. The topological polar surface area (TPSA) is 61.4 Å². The number of carbonyl (C=O) groups excluding carboxylic acids is 2. The molecule has 0 spiro atoms. The van der Waals surface area contributed by atoms with Gasteiger partial charge in [-0.15, -0.1) is 0 Å². The summed E-state index contributed by atoms with van der Waals surface area (Å²) in [7, 11) is 0. The summed E-state index contributed by atoms with van der Waals surface area (Å²) in [5, 5.41) is 6.19. The predicted octanol–water partition coefficient (Wildman–Crippen LogP) is 2.43. The van der Waals surface area contributed by atoms with Crippen LogP contribution < -0.4 is 10.6 Å². The van der Waals surface area contributed by atoms with E-state index in [1.54, 1.807) is 0 Å². The lowest BCUT2D eigenvalue weighted by Crippen LogP contribution is -2.53. The number of amides is 2. The largest absolute Gasteiger partial charge is 0.341 e. The second kappa shape index (κ2) is 9.67. The van der Waals surface area contributed by atoms with Crippen molar-refractivity contribution in [1.82, 2.24) is 15.5 Å². The Bertz CT molecular complexity index is 596. The van der Waals surface area contributed by atoms with Gasteiger partial charge in [0.25, 0.3) is 5.91 Å². The van der Waals surface area contributed by atoms with E-state index >= 15 is 0 Å². The van der Waals surface area contributed by atoms with Gasteiger partial charge in [0.2, 0.25) is 5.91 Å². The van der Waals surface area contributed by atoms with E-state index in [9.17, 15) is 14.0 Å². The molecule has 2 rings (SSSR count). The third kappa shape index (κ3) is 5.53. The number of benzene rings is 1. The van der Waals surface area contributed by atoms with Crippen molar-refractivity contribution in [2.45, 2.75) is 39.7 Å². The predicted molar refractivity (Wildman–Crippen MR) is 100 cm³/mol. The van der Waals surface area contributed by atoms with E-state index in [0.29, 0.717) is 11.5 Å². The number of hydrogen-bond acceptors (Lipinski definition) is 3. The van der Waals surface area contributed by atoms with Gasteiger partial charge < -0.3 is 15.5 Å². The van der Waals surface area contributed by atoms with Crippen molar-refractivity contribution in [2.24, 2.45) is 11.8 Å². The van der Waals surface area contributed by atoms with Crippen LogP contribution in [0.4, 0.5) is 4.39 Å². The molecule has 1 fully saturated rings. The van der Waals surface area contributed by atoms with E-state index < -0.39 is 11.9 Å². The van der Waals surface area contributed by atoms with E-state index in [4.69, 9.17) is 0 Å². The van der Waals surface area contributed by atoms with Gasteiger partial charge in [0.05, 0.1) is 0 Å². The van der Waals surface area contributed by atoms with Crippen LogP contribution in [0.3, 0.4) is 0 Å². The van der Waals surface area contributed by atoms with Crippen molar-refractivity contribution in [1.29, 1.82) is 0 Å². The van der Waals surface area contributed by atoms with Crippen LogP contribution in [0.2, 0.25) is 0 Å². The molecule has 1 aromatic rings. The Balaban J connectivity index is 1.95. The first-order valence-corrected chi connectivity index (χ1v) is 9.48. The number of likely N-dealkylation sites (tertiary alicyclic amines) is 1. The minimum Gasteiger partial charge on any atom is -0.341 e. The van der Waals surface area contributed by atoms with Crippen molar-refractivity contribution >= 4 is 11.8 Å².